The molecule has 2 heterocycles. The van der Waals surface area contributed by atoms with Crippen LogP contribution in [0.4, 0.5) is 11.4 Å². The topological polar surface area (TPSA) is 92.8 Å². The highest BCUT2D eigenvalue weighted by molar-refractivity contribution is 6.02. The van der Waals surface area contributed by atoms with Crippen molar-refractivity contribution in [3.8, 4) is 11.5 Å². The minimum Gasteiger partial charge on any atom is -0.497 e. The molecular weight excluding hydrogens is 492 g/mol. The fraction of sp³-hybridized carbons (Fsp3) is 0.323. The Morgan fingerprint density at radius 1 is 1.10 bits per heavy atom. The molecule has 0 bridgehead atoms. The van der Waals surface area contributed by atoms with Crippen molar-refractivity contribution in [3.63, 3.8) is 0 Å². The Kier molecular flexibility index (Phi) is 7.28. The van der Waals surface area contributed by atoms with Gasteiger partial charge in [-0.05, 0) is 47.7 Å². The zero-order chi connectivity index (χ0) is 27.6. The van der Waals surface area contributed by atoms with E-state index in [1.165, 1.54) is 0 Å². The summed E-state index contributed by atoms with van der Waals surface area (Å²) in [5.41, 5.74) is 4.73. The number of ether oxygens (including phenoxy) is 2. The summed E-state index contributed by atoms with van der Waals surface area (Å²) >= 11 is 0. The van der Waals surface area contributed by atoms with Crippen LogP contribution in [-0.2, 0) is 16.1 Å². The second-order valence-electron chi connectivity index (χ2n) is 10.8. The molecule has 1 amide bonds. The zero-order valence-electron chi connectivity index (χ0n) is 22.8. The van der Waals surface area contributed by atoms with Gasteiger partial charge in [-0.3, -0.25) is 14.6 Å². The fourth-order valence-electron chi connectivity index (χ4n) is 5.51. The highest BCUT2D eigenvalue weighted by Crippen LogP contribution is 2.49. The van der Waals surface area contributed by atoms with Crippen molar-refractivity contribution < 1.29 is 19.1 Å². The van der Waals surface area contributed by atoms with E-state index in [1.54, 1.807) is 26.6 Å². The molecule has 0 spiro atoms. The van der Waals surface area contributed by atoms with Crippen molar-refractivity contribution in [2.45, 2.75) is 39.3 Å². The molecule has 3 aromatic rings. The summed E-state index contributed by atoms with van der Waals surface area (Å²) in [7, 11) is 3.21. The van der Waals surface area contributed by atoms with E-state index in [2.05, 4.69) is 29.5 Å². The van der Waals surface area contributed by atoms with Crippen molar-refractivity contribution >= 4 is 23.1 Å². The van der Waals surface area contributed by atoms with Crippen LogP contribution >= 0.6 is 0 Å². The number of nitrogens with one attached hydrogen (secondary N) is 2. The van der Waals surface area contributed by atoms with Gasteiger partial charge in [-0.25, -0.2) is 0 Å². The molecule has 2 aromatic carbocycles. The van der Waals surface area contributed by atoms with Crippen LogP contribution in [0.3, 0.4) is 0 Å². The molecule has 39 heavy (non-hydrogen) atoms. The molecule has 1 aromatic heterocycles. The van der Waals surface area contributed by atoms with E-state index in [1.807, 2.05) is 59.5 Å². The molecule has 8 heteroatoms. The number of amides is 1. The summed E-state index contributed by atoms with van der Waals surface area (Å²) in [5.74, 6) is 1.13. The first-order valence-corrected chi connectivity index (χ1v) is 13.1. The first kappa shape index (κ1) is 26.3. The summed E-state index contributed by atoms with van der Waals surface area (Å²) in [6, 6.07) is 16.7. The van der Waals surface area contributed by atoms with Gasteiger partial charge in [0.05, 0.1) is 38.2 Å². The van der Waals surface area contributed by atoms with Crippen molar-refractivity contribution in [2.75, 3.05) is 31.0 Å². The van der Waals surface area contributed by atoms with Gasteiger partial charge < -0.3 is 25.0 Å². The number of pyridine rings is 1. The van der Waals surface area contributed by atoms with Crippen molar-refractivity contribution in [3.05, 3.63) is 89.4 Å². The molecule has 2 N–H and O–H groups in total. The third-order valence-electron chi connectivity index (χ3n) is 7.27. The number of Topliss-reactive ketones (excluding diaryl/α,β-unsaturated/α-hetero) is 1. The molecule has 1 atom stereocenters. The SMILES string of the molecule is COc1ccc(C2C3=C(CC(C)(C)CC3=O)Nc3ccccc3N2CC(=O)NCc2cccnc2)c(OC)c1. The minimum absolute atomic E-state index is 0.0340. The number of hydrogen-bond acceptors (Lipinski definition) is 7. The standard InChI is InChI=1S/C31H34N4O4/c1-31(2)15-24-29(26(36)16-31)30(22-12-11-21(38-3)14-27(22)39-4)35(25-10-6-5-9-23(25)34-24)19-28(37)33-18-20-8-7-13-32-17-20/h5-14,17,30,34H,15-16,18-19H2,1-4H3,(H,33,37). The largest absolute Gasteiger partial charge is 0.497 e. The number of allylic oxidation sites excluding steroid dienone is 1. The normalized spacial score (nSPS) is 17.9. The van der Waals surface area contributed by atoms with Gasteiger partial charge in [-0.15, -0.1) is 0 Å². The van der Waals surface area contributed by atoms with Crippen LogP contribution in [-0.4, -0.2) is 37.4 Å². The maximum absolute atomic E-state index is 13.9. The van der Waals surface area contributed by atoms with Crippen LogP contribution in [0, 0.1) is 5.41 Å². The van der Waals surface area contributed by atoms with Gasteiger partial charge in [0.25, 0.3) is 0 Å². The van der Waals surface area contributed by atoms with E-state index >= 15 is 0 Å². The van der Waals surface area contributed by atoms with Crippen molar-refractivity contribution in [2.24, 2.45) is 5.41 Å². The van der Waals surface area contributed by atoms with E-state index < -0.39 is 6.04 Å². The fourth-order valence-corrected chi connectivity index (χ4v) is 5.51. The van der Waals surface area contributed by atoms with Gasteiger partial charge in [0, 0.05) is 48.3 Å². The minimum atomic E-state index is -0.551. The summed E-state index contributed by atoms with van der Waals surface area (Å²) in [4.78, 5) is 33.5. The zero-order valence-corrected chi connectivity index (χ0v) is 22.8. The molecule has 0 fully saturated rings. The van der Waals surface area contributed by atoms with E-state index in [9.17, 15) is 9.59 Å². The predicted molar refractivity (Wildman–Crippen MR) is 151 cm³/mol. The number of anilines is 2. The van der Waals surface area contributed by atoms with E-state index in [0.717, 1.165) is 28.2 Å². The molecule has 202 valence electrons. The van der Waals surface area contributed by atoms with Crippen LogP contribution < -0.4 is 25.0 Å². The average Bonchev–Trinajstić information content (AvgIpc) is 3.05. The molecular formula is C31H34N4O4. The maximum atomic E-state index is 13.9. The first-order chi connectivity index (χ1) is 18.8. The highest BCUT2D eigenvalue weighted by atomic mass is 16.5. The lowest BCUT2D eigenvalue weighted by Gasteiger charge is -2.38. The number of aromatic nitrogens is 1. The summed E-state index contributed by atoms with van der Waals surface area (Å²) < 4.78 is 11.3. The Hall–Kier alpha value is -4.33. The summed E-state index contributed by atoms with van der Waals surface area (Å²) in [6.07, 6.45) is 4.56. The van der Waals surface area contributed by atoms with E-state index in [-0.39, 0.29) is 23.7 Å². The Labute approximate surface area is 229 Å². The number of nitrogens with zero attached hydrogens (tertiary/aromatic N) is 2. The third kappa shape index (κ3) is 5.46. The van der Waals surface area contributed by atoms with Gasteiger partial charge in [0.2, 0.25) is 5.91 Å². The molecule has 0 saturated heterocycles. The first-order valence-electron chi connectivity index (χ1n) is 13.1. The summed E-state index contributed by atoms with van der Waals surface area (Å²) in [6.45, 7) is 4.61. The Bertz CT molecular complexity index is 1420. The second kappa shape index (κ2) is 10.8. The lowest BCUT2D eigenvalue weighted by molar-refractivity contribution is -0.121. The number of carbonyl (C=O) groups excluding carboxylic acids is 2. The second-order valence-corrected chi connectivity index (χ2v) is 10.8. The highest BCUT2D eigenvalue weighted by Gasteiger charge is 2.42. The Balaban J connectivity index is 1.63. The van der Waals surface area contributed by atoms with Gasteiger partial charge in [0.15, 0.2) is 5.78 Å². The average molecular weight is 527 g/mol. The number of carbonyl (C=O) groups is 2. The lowest BCUT2D eigenvalue weighted by atomic mass is 9.73. The maximum Gasteiger partial charge on any atom is 0.239 e. The summed E-state index contributed by atoms with van der Waals surface area (Å²) in [5, 5.41) is 6.60. The molecule has 5 rings (SSSR count). The number of hydrogen-bond donors (Lipinski definition) is 2. The molecule has 1 aliphatic carbocycles. The molecule has 0 saturated carbocycles. The molecule has 1 unspecified atom stereocenters. The van der Waals surface area contributed by atoms with Gasteiger partial charge in [-0.2, -0.15) is 0 Å². The molecule has 8 nitrogen and oxygen atoms in total. The van der Waals surface area contributed by atoms with E-state index in [4.69, 9.17) is 9.47 Å². The Morgan fingerprint density at radius 2 is 1.92 bits per heavy atom. The van der Waals surface area contributed by atoms with Gasteiger partial charge in [0.1, 0.15) is 11.5 Å². The number of methoxy groups -OCH3 is 2. The van der Waals surface area contributed by atoms with Gasteiger partial charge >= 0.3 is 0 Å². The molecule has 2 aliphatic rings. The van der Waals surface area contributed by atoms with Crippen LogP contribution in [0.25, 0.3) is 0 Å². The Morgan fingerprint density at radius 3 is 2.67 bits per heavy atom. The number of rotatable bonds is 7. The van der Waals surface area contributed by atoms with Crippen LogP contribution in [0.5, 0.6) is 11.5 Å². The van der Waals surface area contributed by atoms with Crippen LogP contribution in [0.1, 0.15) is 43.9 Å². The number of benzene rings is 2. The monoisotopic (exact) mass is 526 g/mol. The van der Waals surface area contributed by atoms with Crippen molar-refractivity contribution in [1.82, 2.24) is 10.3 Å². The number of fused-ring (bicyclic) bond motifs is 1. The smallest absolute Gasteiger partial charge is 0.239 e. The number of ketones is 1. The third-order valence-corrected chi connectivity index (χ3v) is 7.27. The predicted octanol–water partition coefficient (Wildman–Crippen LogP) is 5.03. The van der Waals surface area contributed by atoms with Gasteiger partial charge in [-0.1, -0.05) is 32.0 Å². The molecule has 0 radical (unpaired) electrons. The van der Waals surface area contributed by atoms with Crippen LogP contribution in [0.2, 0.25) is 0 Å². The van der Waals surface area contributed by atoms with E-state index in [0.29, 0.717) is 36.5 Å². The number of para-hydroxylation sites is 2. The molecule has 1 aliphatic heterocycles. The van der Waals surface area contributed by atoms with Crippen LogP contribution in [0.15, 0.2) is 78.3 Å². The lowest BCUT2D eigenvalue weighted by Crippen LogP contribution is -2.42. The van der Waals surface area contributed by atoms with Crippen molar-refractivity contribution in [1.29, 1.82) is 0 Å². The quantitative estimate of drug-likeness (QED) is 0.446.